The third-order valence-corrected chi connectivity index (χ3v) is 4.18. The number of hydrogen-bond acceptors (Lipinski definition) is 3. The third kappa shape index (κ3) is 1.99. The Morgan fingerprint density at radius 2 is 1.94 bits per heavy atom. The second-order valence-electron chi connectivity index (χ2n) is 5.45. The molecule has 1 saturated carbocycles. The normalized spacial score (nSPS) is 19.1. The summed E-state index contributed by atoms with van der Waals surface area (Å²) in [6.45, 7) is 7.12. The Morgan fingerprint density at radius 3 is 2.41 bits per heavy atom. The maximum Gasteiger partial charge on any atom is 0.147 e. The second kappa shape index (κ2) is 4.77. The van der Waals surface area contributed by atoms with E-state index in [0.717, 1.165) is 12.2 Å². The molecule has 2 rings (SSSR count). The zero-order chi connectivity index (χ0) is 12.5. The van der Waals surface area contributed by atoms with Gasteiger partial charge in [0.15, 0.2) is 0 Å². The lowest BCUT2D eigenvalue weighted by atomic mass is 9.82. The Labute approximate surface area is 104 Å². The van der Waals surface area contributed by atoms with E-state index in [1.54, 1.807) is 0 Å². The van der Waals surface area contributed by atoms with Crippen molar-refractivity contribution in [2.75, 3.05) is 0 Å². The number of nitrogens with two attached hydrogens (primary N) is 1. The molecule has 1 aliphatic rings. The fourth-order valence-corrected chi connectivity index (χ4v) is 3.15. The highest BCUT2D eigenvalue weighted by Gasteiger charge is 2.39. The van der Waals surface area contributed by atoms with Gasteiger partial charge in [0.25, 0.3) is 0 Å². The highest BCUT2D eigenvalue weighted by molar-refractivity contribution is 5.14. The van der Waals surface area contributed by atoms with Crippen molar-refractivity contribution in [2.45, 2.75) is 70.9 Å². The molecule has 1 aromatic heterocycles. The van der Waals surface area contributed by atoms with Crippen LogP contribution in [-0.2, 0) is 12.0 Å². The van der Waals surface area contributed by atoms with Crippen LogP contribution in [0.4, 0.5) is 0 Å². The van der Waals surface area contributed by atoms with E-state index >= 15 is 0 Å². The molecule has 17 heavy (non-hydrogen) atoms. The van der Waals surface area contributed by atoms with Gasteiger partial charge >= 0.3 is 0 Å². The highest BCUT2D eigenvalue weighted by atomic mass is 15.3. The van der Waals surface area contributed by atoms with Crippen LogP contribution in [0, 0.1) is 0 Å². The second-order valence-corrected chi connectivity index (χ2v) is 5.45. The van der Waals surface area contributed by atoms with Crippen LogP contribution in [0.25, 0.3) is 0 Å². The van der Waals surface area contributed by atoms with Crippen molar-refractivity contribution in [3.05, 3.63) is 11.6 Å². The number of aromatic nitrogens is 3. The van der Waals surface area contributed by atoms with Gasteiger partial charge in [-0.15, -0.1) is 10.2 Å². The van der Waals surface area contributed by atoms with E-state index in [2.05, 4.69) is 35.5 Å². The Morgan fingerprint density at radius 1 is 1.29 bits per heavy atom. The van der Waals surface area contributed by atoms with E-state index in [0.29, 0.717) is 12.6 Å². The van der Waals surface area contributed by atoms with Crippen molar-refractivity contribution >= 4 is 0 Å². The molecule has 2 N–H and O–H groups in total. The first kappa shape index (κ1) is 12.6. The predicted molar refractivity (Wildman–Crippen MR) is 68.7 cm³/mol. The van der Waals surface area contributed by atoms with Gasteiger partial charge in [0, 0.05) is 11.5 Å². The van der Waals surface area contributed by atoms with E-state index in [-0.39, 0.29) is 5.41 Å². The lowest BCUT2D eigenvalue weighted by molar-refractivity contribution is 0.365. The summed E-state index contributed by atoms with van der Waals surface area (Å²) >= 11 is 0. The van der Waals surface area contributed by atoms with Gasteiger partial charge in [-0.3, -0.25) is 0 Å². The summed E-state index contributed by atoms with van der Waals surface area (Å²) in [6.07, 6.45) is 6.29. The lowest BCUT2D eigenvalue weighted by Gasteiger charge is -2.28. The molecule has 0 unspecified atom stereocenters. The van der Waals surface area contributed by atoms with Gasteiger partial charge in [-0.2, -0.15) is 0 Å². The van der Waals surface area contributed by atoms with Crippen LogP contribution >= 0.6 is 0 Å². The number of nitrogens with zero attached hydrogens (tertiary/aromatic N) is 3. The van der Waals surface area contributed by atoms with Crippen molar-refractivity contribution in [3.63, 3.8) is 0 Å². The standard InChI is InChI=1S/C13H24N4/c1-4-13(7-5-6-8-13)12-16-15-11(9-14)17(12)10(2)3/h10H,4-9,14H2,1-3H3. The molecule has 1 aromatic rings. The molecule has 0 aliphatic heterocycles. The molecular weight excluding hydrogens is 212 g/mol. The van der Waals surface area contributed by atoms with Gasteiger partial charge in [0.2, 0.25) is 0 Å². The SMILES string of the molecule is CCC1(c2nnc(CN)n2C(C)C)CCCC1. The maximum absolute atomic E-state index is 5.76. The van der Waals surface area contributed by atoms with Crippen LogP contribution in [0.2, 0.25) is 0 Å². The summed E-state index contributed by atoms with van der Waals surface area (Å²) in [5.41, 5.74) is 6.02. The summed E-state index contributed by atoms with van der Waals surface area (Å²) in [5.74, 6) is 2.10. The zero-order valence-corrected chi connectivity index (χ0v) is 11.2. The Balaban J connectivity index is 2.47. The molecule has 1 heterocycles. The van der Waals surface area contributed by atoms with Gasteiger partial charge in [-0.25, -0.2) is 0 Å². The fourth-order valence-electron chi connectivity index (χ4n) is 3.15. The first-order chi connectivity index (χ1) is 8.14. The van der Waals surface area contributed by atoms with E-state index in [4.69, 9.17) is 5.73 Å². The molecule has 0 aromatic carbocycles. The highest BCUT2D eigenvalue weighted by Crippen LogP contribution is 2.43. The van der Waals surface area contributed by atoms with E-state index in [1.165, 1.54) is 31.5 Å². The van der Waals surface area contributed by atoms with Crippen molar-refractivity contribution in [1.29, 1.82) is 0 Å². The Kier molecular flexibility index (Phi) is 3.52. The minimum Gasteiger partial charge on any atom is -0.324 e. The smallest absolute Gasteiger partial charge is 0.147 e. The average molecular weight is 236 g/mol. The van der Waals surface area contributed by atoms with Gasteiger partial charge in [0.1, 0.15) is 11.6 Å². The van der Waals surface area contributed by atoms with Crippen molar-refractivity contribution in [3.8, 4) is 0 Å². The molecule has 0 bridgehead atoms. The van der Waals surface area contributed by atoms with Gasteiger partial charge in [0.05, 0.1) is 6.54 Å². The molecule has 1 fully saturated rings. The zero-order valence-electron chi connectivity index (χ0n) is 11.2. The Hall–Kier alpha value is -0.900. The van der Waals surface area contributed by atoms with Crippen LogP contribution in [-0.4, -0.2) is 14.8 Å². The van der Waals surface area contributed by atoms with Crippen LogP contribution in [0.1, 0.15) is 70.6 Å². The summed E-state index contributed by atoms with van der Waals surface area (Å²) < 4.78 is 2.26. The molecular formula is C13H24N4. The first-order valence-electron chi connectivity index (χ1n) is 6.79. The van der Waals surface area contributed by atoms with E-state index in [1.807, 2.05) is 0 Å². The molecule has 0 amide bonds. The van der Waals surface area contributed by atoms with Crippen LogP contribution < -0.4 is 5.73 Å². The van der Waals surface area contributed by atoms with Gasteiger partial charge in [-0.1, -0.05) is 19.8 Å². The minimum atomic E-state index is 0.255. The Bertz CT molecular complexity index is 375. The third-order valence-electron chi connectivity index (χ3n) is 4.18. The van der Waals surface area contributed by atoms with Crippen LogP contribution in [0.5, 0.6) is 0 Å². The van der Waals surface area contributed by atoms with Crippen LogP contribution in [0.3, 0.4) is 0 Å². The summed E-state index contributed by atoms with van der Waals surface area (Å²) in [4.78, 5) is 0. The molecule has 4 heteroatoms. The summed E-state index contributed by atoms with van der Waals surface area (Å²) in [7, 11) is 0. The number of hydrogen-bond donors (Lipinski definition) is 1. The molecule has 0 spiro atoms. The molecule has 0 saturated heterocycles. The molecule has 1 aliphatic carbocycles. The topological polar surface area (TPSA) is 56.7 Å². The van der Waals surface area contributed by atoms with Crippen molar-refractivity contribution in [2.24, 2.45) is 5.73 Å². The predicted octanol–water partition coefficient (Wildman–Crippen LogP) is 2.54. The van der Waals surface area contributed by atoms with Crippen LogP contribution in [0.15, 0.2) is 0 Å². The van der Waals surface area contributed by atoms with Gasteiger partial charge < -0.3 is 10.3 Å². The van der Waals surface area contributed by atoms with E-state index in [9.17, 15) is 0 Å². The monoisotopic (exact) mass is 236 g/mol. The van der Waals surface area contributed by atoms with E-state index < -0.39 is 0 Å². The van der Waals surface area contributed by atoms with Crippen molar-refractivity contribution in [1.82, 2.24) is 14.8 Å². The molecule has 0 radical (unpaired) electrons. The molecule has 0 atom stereocenters. The molecule has 4 nitrogen and oxygen atoms in total. The van der Waals surface area contributed by atoms with Gasteiger partial charge in [-0.05, 0) is 33.1 Å². The fraction of sp³-hybridized carbons (Fsp3) is 0.846. The lowest BCUT2D eigenvalue weighted by Crippen LogP contribution is -2.27. The minimum absolute atomic E-state index is 0.255. The summed E-state index contributed by atoms with van der Waals surface area (Å²) in [6, 6.07) is 0.391. The first-order valence-corrected chi connectivity index (χ1v) is 6.79. The quantitative estimate of drug-likeness (QED) is 0.874. The average Bonchev–Trinajstić information content (AvgIpc) is 2.95. The van der Waals surface area contributed by atoms with Crippen molar-refractivity contribution < 1.29 is 0 Å². The largest absolute Gasteiger partial charge is 0.324 e. The molecule has 96 valence electrons. The maximum atomic E-state index is 5.76. The number of rotatable bonds is 4. The summed E-state index contributed by atoms with van der Waals surface area (Å²) in [5, 5.41) is 8.75.